The van der Waals surface area contributed by atoms with Gasteiger partial charge in [0, 0.05) is 24.6 Å². The molecule has 8 heteroatoms. The highest BCUT2D eigenvalue weighted by atomic mass is 32.2. The molecule has 1 atom stereocenters. The fourth-order valence-corrected chi connectivity index (χ4v) is 3.67. The summed E-state index contributed by atoms with van der Waals surface area (Å²) >= 11 is 1.55. The number of nitrogens with zero attached hydrogens (tertiary/aromatic N) is 4. The standard InChI is InChI=1S/C19H19N5O2S/c1-3-5-26-17-12-22-15(11-23-17)16(25)8-13-7-14(10-21-9-13)19(2)4-6-27-18(20)24-19/h1,7,9-12H,4-6,8H2,2H3,(H2,20,24)/t19-/m0/s1. The molecule has 7 nitrogen and oxygen atoms in total. The highest BCUT2D eigenvalue weighted by molar-refractivity contribution is 8.13. The number of amidine groups is 1. The van der Waals surface area contributed by atoms with Gasteiger partial charge in [-0.1, -0.05) is 17.7 Å². The van der Waals surface area contributed by atoms with Gasteiger partial charge in [-0.05, 0) is 30.5 Å². The van der Waals surface area contributed by atoms with Crippen molar-refractivity contribution in [3.8, 4) is 18.2 Å². The van der Waals surface area contributed by atoms with Gasteiger partial charge in [0.15, 0.2) is 17.6 Å². The molecule has 138 valence electrons. The van der Waals surface area contributed by atoms with Crippen LogP contribution in [0.4, 0.5) is 0 Å². The quantitative estimate of drug-likeness (QED) is 0.603. The predicted molar refractivity (Wildman–Crippen MR) is 105 cm³/mol. The number of rotatable bonds is 6. The molecule has 2 N–H and O–H groups in total. The van der Waals surface area contributed by atoms with E-state index in [0.717, 1.165) is 23.3 Å². The first-order valence-corrected chi connectivity index (χ1v) is 9.33. The van der Waals surface area contributed by atoms with Crippen molar-refractivity contribution >= 4 is 22.7 Å². The maximum atomic E-state index is 12.5. The summed E-state index contributed by atoms with van der Waals surface area (Å²) in [6, 6.07) is 1.95. The van der Waals surface area contributed by atoms with Gasteiger partial charge in [-0.3, -0.25) is 14.8 Å². The van der Waals surface area contributed by atoms with Crippen molar-refractivity contribution in [2.75, 3.05) is 12.4 Å². The molecule has 0 saturated heterocycles. The lowest BCUT2D eigenvalue weighted by Crippen LogP contribution is -2.29. The van der Waals surface area contributed by atoms with E-state index in [9.17, 15) is 4.79 Å². The molecule has 1 aliphatic rings. The van der Waals surface area contributed by atoms with E-state index in [1.54, 1.807) is 24.2 Å². The predicted octanol–water partition coefficient (Wildman–Crippen LogP) is 1.98. The molecule has 2 aromatic heterocycles. The lowest BCUT2D eigenvalue weighted by Gasteiger charge is -2.29. The maximum Gasteiger partial charge on any atom is 0.233 e. The van der Waals surface area contributed by atoms with Crippen molar-refractivity contribution in [2.24, 2.45) is 10.7 Å². The summed E-state index contributed by atoms with van der Waals surface area (Å²) < 4.78 is 5.16. The third-order valence-corrected chi connectivity index (χ3v) is 4.99. The van der Waals surface area contributed by atoms with Crippen molar-refractivity contribution in [1.82, 2.24) is 15.0 Å². The number of nitrogens with two attached hydrogens (primary N) is 1. The summed E-state index contributed by atoms with van der Waals surface area (Å²) in [5.41, 5.74) is 7.46. The third kappa shape index (κ3) is 4.63. The molecular formula is C19H19N5O2S. The van der Waals surface area contributed by atoms with Gasteiger partial charge in [-0.2, -0.15) is 0 Å². The average Bonchev–Trinajstić information content (AvgIpc) is 2.67. The zero-order valence-electron chi connectivity index (χ0n) is 14.9. The minimum Gasteiger partial charge on any atom is -0.463 e. The molecule has 0 spiro atoms. The van der Waals surface area contributed by atoms with Gasteiger partial charge in [0.1, 0.15) is 5.69 Å². The Morgan fingerprint density at radius 3 is 2.93 bits per heavy atom. The number of hydrogen-bond donors (Lipinski definition) is 1. The summed E-state index contributed by atoms with van der Waals surface area (Å²) in [4.78, 5) is 29.5. The normalized spacial score (nSPS) is 19.0. The summed E-state index contributed by atoms with van der Waals surface area (Å²) in [6.45, 7) is 2.13. The van der Waals surface area contributed by atoms with Crippen molar-refractivity contribution in [3.63, 3.8) is 0 Å². The second-order valence-corrected chi connectivity index (χ2v) is 7.35. The van der Waals surface area contributed by atoms with Crippen molar-refractivity contribution in [2.45, 2.75) is 25.3 Å². The number of ether oxygens (including phenoxy) is 1. The van der Waals surface area contributed by atoms with E-state index in [1.165, 1.54) is 12.4 Å². The Kier molecular flexibility index (Phi) is 5.72. The van der Waals surface area contributed by atoms with Crippen LogP contribution < -0.4 is 10.5 Å². The highest BCUT2D eigenvalue weighted by Crippen LogP contribution is 2.34. The number of thioether (sulfide) groups is 1. The first-order valence-electron chi connectivity index (χ1n) is 8.34. The molecule has 0 unspecified atom stereocenters. The molecule has 0 amide bonds. The minimum atomic E-state index is -0.419. The Balaban J connectivity index is 1.73. The number of pyridine rings is 1. The third-order valence-electron chi connectivity index (χ3n) is 4.19. The fraction of sp³-hybridized carbons (Fsp3) is 0.316. The Hall–Kier alpha value is -2.92. The lowest BCUT2D eigenvalue weighted by atomic mass is 9.90. The van der Waals surface area contributed by atoms with Crippen LogP contribution >= 0.6 is 11.8 Å². The van der Waals surface area contributed by atoms with Gasteiger partial charge in [0.05, 0.1) is 17.9 Å². The summed E-state index contributed by atoms with van der Waals surface area (Å²) in [5.74, 6) is 3.37. The van der Waals surface area contributed by atoms with E-state index >= 15 is 0 Å². The lowest BCUT2D eigenvalue weighted by molar-refractivity contribution is 0.0987. The summed E-state index contributed by atoms with van der Waals surface area (Å²) in [7, 11) is 0. The van der Waals surface area contributed by atoms with Crippen LogP contribution in [-0.2, 0) is 12.0 Å². The Bertz CT molecular complexity index is 907. The Morgan fingerprint density at radius 2 is 2.22 bits per heavy atom. The van der Waals surface area contributed by atoms with E-state index in [1.807, 2.05) is 13.0 Å². The smallest absolute Gasteiger partial charge is 0.233 e. The van der Waals surface area contributed by atoms with E-state index < -0.39 is 5.54 Å². The first-order chi connectivity index (χ1) is 13.0. The SMILES string of the molecule is C#CCOc1cnc(C(=O)Cc2cncc([C@]3(C)CCSC(N)=N3)c2)cn1. The Labute approximate surface area is 161 Å². The van der Waals surface area contributed by atoms with Crippen LogP contribution in [0.3, 0.4) is 0 Å². The molecule has 0 aliphatic carbocycles. The van der Waals surface area contributed by atoms with Gasteiger partial charge in [0.25, 0.3) is 0 Å². The molecule has 0 radical (unpaired) electrons. The van der Waals surface area contributed by atoms with E-state index in [4.69, 9.17) is 16.9 Å². The number of carbonyl (C=O) groups excluding carboxylic acids is 1. The number of Topliss-reactive ketones (excluding diaryl/α,β-unsaturated/α-hetero) is 1. The number of terminal acetylenes is 1. The van der Waals surface area contributed by atoms with Crippen molar-refractivity contribution < 1.29 is 9.53 Å². The average molecular weight is 381 g/mol. The first kappa shape index (κ1) is 18.9. The molecule has 0 bridgehead atoms. The van der Waals surface area contributed by atoms with Gasteiger partial charge >= 0.3 is 0 Å². The number of aliphatic imine (C=N–C) groups is 1. The van der Waals surface area contributed by atoms with Crippen LogP contribution in [0.5, 0.6) is 5.88 Å². The number of ketones is 1. The van der Waals surface area contributed by atoms with Crippen LogP contribution in [0.1, 0.15) is 35.0 Å². The van der Waals surface area contributed by atoms with Crippen LogP contribution in [-0.4, -0.2) is 38.3 Å². The topological polar surface area (TPSA) is 103 Å². The van der Waals surface area contributed by atoms with Gasteiger partial charge < -0.3 is 10.5 Å². The second kappa shape index (κ2) is 8.18. The van der Waals surface area contributed by atoms with Crippen LogP contribution in [0.15, 0.2) is 35.8 Å². The minimum absolute atomic E-state index is 0.102. The van der Waals surface area contributed by atoms with E-state index in [2.05, 4.69) is 25.9 Å². The van der Waals surface area contributed by atoms with Crippen LogP contribution in [0.25, 0.3) is 0 Å². The number of aromatic nitrogens is 3. The molecule has 0 saturated carbocycles. The Morgan fingerprint density at radius 1 is 1.37 bits per heavy atom. The van der Waals surface area contributed by atoms with E-state index in [-0.39, 0.29) is 30.4 Å². The molecule has 3 rings (SSSR count). The van der Waals surface area contributed by atoms with Crippen LogP contribution in [0, 0.1) is 12.3 Å². The molecular weight excluding hydrogens is 362 g/mol. The molecule has 1 aliphatic heterocycles. The molecule has 27 heavy (non-hydrogen) atoms. The largest absolute Gasteiger partial charge is 0.463 e. The maximum absolute atomic E-state index is 12.5. The second-order valence-electron chi connectivity index (χ2n) is 6.24. The van der Waals surface area contributed by atoms with Crippen molar-refractivity contribution in [1.29, 1.82) is 0 Å². The molecule has 2 aromatic rings. The van der Waals surface area contributed by atoms with Gasteiger partial charge in [-0.25, -0.2) is 9.97 Å². The van der Waals surface area contributed by atoms with Crippen LogP contribution in [0.2, 0.25) is 0 Å². The number of carbonyl (C=O) groups is 1. The fourth-order valence-electron chi connectivity index (χ4n) is 2.70. The molecule has 0 fully saturated rings. The summed E-state index contributed by atoms with van der Waals surface area (Å²) in [5, 5.41) is 0.577. The van der Waals surface area contributed by atoms with Gasteiger partial charge in [0.2, 0.25) is 5.88 Å². The zero-order valence-corrected chi connectivity index (χ0v) is 15.7. The number of hydrogen-bond acceptors (Lipinski definition) is 8. The zero-order chi connectivity index (χ0) is 19.3. The van der Waals surface area contributed by atoms with Crippen molar-refractivity contribution in [3.05, 3.63) is 47.7 Å². The van der Waals surface area contributed by atoms with Gasteiger partial charge in [-0.15, -0.1) is 6.42 Å². The monoisotopic (exact) mass is 381 g/mol. The highest BCUT2D eigenvalue weighted by Gasteiger charge is 2.30. The molecule has 0 aromatic carbocycles. The molecule has 3 heterocycles. The summed E-state index contributed by atoms with van der Waals surface area (Å²) in [6.07, 6.45) is 12.4. The van der Waals surface area contributed by atoms with E-state index in [0.29, 0.717) is 5.17 Å².